The lowest BCUT2D eigenvalue weighted by atomic mass is 10.1. The third-order valence-corrected chi connectivity index (χ3v) is 3.44. The molecule has 0 aliphatic heterocycles. The predicted molar refractivity (Wildman–Crippen MR) is 87.0 cm³/mol. The molecule has 1 heterocycles. The molecule has 3 N–H and O–H groups in total. The lowest BCUT2D eigenvalue weighted by Crippen LogP contribution is -2.48. The second kappa shape index (κ2) is 8.36. The lowest BCUT2D eigenvalue weighted by Gasteiger charge is -2.18. The van der Waals surface area contributed by atoms with Gasteiger partial charge in [0.1, 0.15) is 25.2 Å². The first-order chi connectivity index (χ1) is 13.4. The van der Waals surface area contributed by atoms with Crippen molar-refractivity contribution in [2.24, 2.45) is 0 Å². The van der Waals surface area contributed by atoms with Crippen LogP contribution >= 0.6 is 0 Å². The van der Waals surface area contributed by atoms with E-state index in [1.54, 1.807) is 5.32 Å². The van der Waals surface area contributed by atoms with Crippen molar-refractivity contribution in [1.29, 1.82) is 0 Å². The molecular weight excluding hydrogens is 410 g/mol. The maximum Gasteiger partial charge on any atom is 0.418 e. The molecular formula is C15H14F6N6O2. The molecule has 29 heavy (non-hydrogen) atoms. The molecule has 0 aliphatic rings. The standard InChI is InChI=1S/C15H14F6N6O2/c1-8(12(28)23-5-14(16,17)18)25-13(29)26-11-3-2-9(27-7-22-6-24-27)4-10(11)15(19,20)21/h2-4,6-8H,5H2,1H3,(H,23,28)(H2,25,26,29)/t8-/m0/s1. The average molecular weight is 424 g/mol. The molecule has 0 bridgehead atoms. The summed E-state index contributed by atoms with van der Waals surface area (Å²) in [5, 5.41) is 9.15. The Bertz CT molecular complexity index is 865. The molecule has 0 spiro atoms. The Morgan fingerprint density at radius 2 is 1.86 bits per heavy atom. The average Bonchev–Trinajstić information content (AvgIpc) is 3.12. The molecule has 0 radical (unpaired) electrons. The van der Waals surface area contributed by atoms with Crippen LogP contribution in [0.25, 0.3) is 5.69 Å². The van der Waals surface area contributed by atoms with Crippen LogP contribution in [0.4, 0.5) is 36.8 Å². The van der Waals surface area contributed by atoms with E-state index in [0.29, 0.717) is 0 Å². The Morgan fingerprint density at radius 3 is 2.41 bits per heavy atom. The molecule has 14 heteroatoms. The molecule has 0 saturated carbocycles. The number of urea groups is 1. The highest BCUT2D eigenvalue weighted by Crippen LogP contribution is 2.36. The van der Waals surface area contributed by atoms with Crippen LogP contribution in [0.1, 0.15) is 12.5 Å². The van der Waals surface area contributed by atoms with Crippen molar-refractivity contribution in [3.05, 3.63) is 36.4 Å². The number of benzene rings is 1. The third-order valence-electron chi connectivity index (χ3n) is 3.44. The molecule has 0 unspecified atom stereocenters. The molecule has 1 aromatic heterocycles. The Balaban J connectivity index is 2.10. The van der Waals surface area contributed by atoms with Crippen LogP contribution in [0.3, 0.4) is 0 Å². The predicted octanol–water partition coefficient (Wildman–Crippen LogP) is 2.47. The summed E-state index contributed by atoms with van der Waals surface area (Å²) in [5.74, 6) is -1.16. The number of carbonyl (C=O) groups excluding carboxylic acids is 2. The molecule has 2 rings (SSSR count). The summed E-state index contributed by atoms with van der Waals surface area (Å²) in [6, 6.07) is 0.288. The van der Waals surface area contributed by atoms with Gasteiger partial charge in [0, 0.05) is 0 Å². The molecule has 0 fully saturated rings. The zero-order valence-electron chi connectivity index (χ0n) is 14.6. The number of hydrogen-bond acceptors (Lipinski definition) is 4. The summed E-state index contributed by atoms with van der Waals surface area (Å²) in [4.78, 5) is 27.1. The van der Waals surface area contributed by atoms with E-state index in [-0.39, 0.29) is 5.69 Å². The number of anilines is 1. The highest BCUT2D eigenvalue weighted by Gasteiger charge is 2.35. The summed E-state index contributed by atoms with van der Waals surface area (Å²) >= 11 is 0. The summed E-state index contributed by atoms with van der Waals surface area (Å²) in [5.41, 5.74) is -1.79. The van der Waals surface area contributed by atoms with Crippen LogP contribution in [0.5, 0.6) is 0 Å². The molecule has 1 atom stereocenters. The van der Waals surface area contributed by atoms with Gasteiger partial charge in [0.05, 0.1) is 16.9 Å². The summed E-state index contributed by atoms with van der Waals surface area (Å²) in [7, 11) is 0. The number of rotatable bonds is 5. The van der Waals surface area contributed by atoms with Gasteiger partial charge in [-0.05, 0) is 25.1 Å². The fourth-order valence-corrected chi connectivity index (χ4v) is 2.12. The van der Waals surface area contributed by atoms with Crippen LogP contribution < -0.4 is 16.0 Å². The van der Waals surface area contributed by atoms with Crippen molar-refractivity contribution < 1.29 is 35.9 Å². The van der Waals surface area contributed by atoms with Crippen LogP contribution in [0.15, 0.2) is 30.9 Å². The van der Waals surface area contributed by atoms with Gasteiger partial charge in [-0.15, -0.1) is 0 Å². The van der Waals surface area contributed by atoms with Gasteiger partial charge in [0.15, 0.2) is 0 Å². The van der Waals surface area contributed by atoms with E-state index in [9.17, 15) is 35.9 Å². The molecule has 8 nitrogen and oxygen atoms in total. The molecule has 3 amide bonds. The summed E-state index contributed by atoms with van der Waals surface area (Å²) in [6.45, 7) is -0.536. The fraction of sp³-hybridized carbons (Fsp3) is 0.333. The van der Waals surface area contributed by atoms with Crippen molar-refractivity contribution >= 4 is 17.6 Å². The maximum absolute atomic E-state index is 13.3. The Kier molecular flexibility index (Phi) is 6.34. The lowest BCUT2D eigenvalue weighted by molar-refractivity contribution is -0.139. The van der Waals surface area contributed by atoms with Gasteiger partial charge in [-0.25, -0.2) is 14.5 Å². The first-order valence-electron chi connectivity index (χ1n) is 7.85. The van der Waals surface area contributed by atoms with Crippen LogP contribution in [-0.4, -0.2) is 45.5 Å². The summed E-state index contributed by atoms with van der Waals surface area (Å²) < 4.78 is 77.3. The van der Waals surface area contributed by atoms with Gasteiger partial charge >= 0.3 is 18.4 Å². The van der Waals surface area contributed by atoms with Gasteiger partial charge in [-0.1, -0.05) is 0 Å². The minimum absolute atomic E-state index is 0.0284. The second-order valence-electron chi connectivity index (χ2n) is 5.72. The minimum Gasteiger partial charge on any atom is -0.345 e. The number of nitrogens with zero attached hydrogens (tertiary/aromatic N) is 3. The van der Waals surface area contributed by atoms with E-state index in [1.807, 2.05) is 10.6 Å². The minimum atomic E-state index is -4.84. The van der Waals surface area contributed by atoms with E-state index in [2.05, 4.69) is 10.1 Å². The summed E-state index contributed by atoms with van der Waals surface area (Å²) in [6.07, 6.45) is -7.19. The maximum atomic E-state index is 13.3. The SMILES string of the molecule is C[C@H](NC(=O)Nc1ccc(-n2cncn2)cc1C(F)(F)F)C(=O)NCC(F)(F)F. The van der Waals surface area contributed by atoms with Gasteiger partial charge in [0.25, 0.3) is 0 Å². The van der Waals surface area contributed by atoms with Crippen molar-refractivity contribution in [2.45, 2.75) is 25.3 Å². The molecule has 2 aromatic rings. The van der Waals surface area contributed by atoms with E-state index in [0.717, 1.165) is 30.1 Å². The van der Waals surface area contributed by atoms with Crippen molar-refractivity contribution in [3.8, 4) is 5.69 Å². The van der Waals surface area contributed by atoms with E-state index < -0.39 is 48.1 Å². The zero-order valence-corrected chi connectivity index (χ0v) is 14.6. The first-order valence-corrected chi connectivity index (χ1v) is 7.85. The number of nitrogens with one attached hydrogen (secondary N) is 3. The highest BCUT2D eigenvalue weighted by molar-refractivity contribution is 5.94. The normalized spacial score (nSPS) is 12.9. The second-order valence-corrected chi connectivity index (χ2v) is 5.72. The number of hydrogen-bond donors (Lipinski definition) is 3. The van der Waals surface area contributed by atoms with Crippen LogP contribution in [0.2, 0.25) is 0 Å². The van der Waals surface area contributed by atoms with Gasteiger partial charge in [0.2, 0.25) is 5.91 Å². The van der Waals surface area contributed by atoms with Crippen LogP contribution in [-0.2, 0) is 11.0 Å². The monoisotopic (exact) mass is 424 g/mol. The number of halogens is 6. The van der Waals surface area contributed by atoms with E-state index >= 15 is 0 Å². The number of alkyl halides is 6. The number of carbonyl (C=O) groups is 2. The zero-order chi connectivity index (χ0) is 21.8. The Hall–Kier alpha value is -3.32. The van der Waals surface area contributed by atoms with Crippen LogP contribution in [0, 0.1) is 0 Å². The Morgan fingerprint density at radius 1 is 1.17 bits per heavy atom. The molecule has 1 aromatic carbocycles. The van der Waals surface area contributed by atoms with E-state index in [4.69, 9.17) is 0 Å². The quantitative estimate of drug-likeness (QED) is 0.642. The third kappa shape index (κ3) is 6.36. The number of amides is 3. The Labute approximate surface area is 159 Å². The van der Waals surface area contributed by atoms with E-state index in [1.165, 1.54) is 12.4 Å². The van der Waals surface area contributed by atoms with Crippen molar-refractivity contribution in [3.63, 3.8) is 0 Å². The molecule has 0 aliphatic carbocycles. The highest BCUT2D eigenvalue weighted by atomic mass is 19.4. The van der Waals surface area contributed by atoms with Gasteiger partial charge in [-0.2, -0.15) is 31.4 Å². The first kappa shape index (κ1) is 22.0. The molecule has 0 saturated heterocycles. The van der Waals surface area contributed by atoms with Crippen molar-refractivity contribution in [2.75, 3.05) is 11.9 Å². The largest absolute Gasteiger partial charge is 0.418 e. The topological polar surface area (TPSA) is 101 Å². The smallest absolute Gasteiger partial charge is 0.345 e. The van der Waals surface area contributed by atoms with Crippen molar-refractivity contribution in [1.82, 2.24) is 25.4 Å². The van der Waals surface area contributed by atoms with Gasteiger partial charge in [-0.3, -0.25) is 4.79 Å². The van der Waals surface area contributed by atoms with Gasteiger partial charge < -0.3 is 16.0 Å². The number of aromatic nitrogens is 3. The fourth-order valence-electron chi connectivity index (χ4n) is 2.12. The molecule has 158 valence electrons.